The zero-order valence-corrected chi connectivity index (χ0v) is 25.3. The molecule has 0 saturated carbocycles. The summed E-state index contributed by atoms with van der Waals surface area (Å²) in [5.74, 6) is 0.501. The third kappa shape index (κ3) is 5.98. The summed E-state index contributed by atoms with van der Waals surface area (Å²) >= 11 is 0. The molecule has 0 atom stereocenters. The van der Waals surface area contributed by atoms with E-state index in [1.807, 2.05) is 89.5 Å². The van der Waals surface area contributed by atoms with Gasteiger partial charge in [0.25, 0.3) is 0 Å². The molecule has 0 unspecified atom stereocenters. The van der Waals surface area contributed by atoms with Crippen molar-refractivity contribution in [3.05, 3.63) is 121 Å². The fourth-order valence-corrected chi connectivity index (χ4v) is 5.76. The number of fused-ring (bicyclic) bond motifs is 2. The van der Waals surface area contributed by atoms with Gasteiger partial charge in [-0.05, 0) is 86.6 Å². The molecule has 2 amide bonds. The van der Waals surface area contributed by atoms with E-state index in [0.717, 1.165) is 59.1 Å². The third-order valence-electron chi connectivity index (χ3n) is 7.98. The van der Waals surface area contributed by atoms with E-state index in [-0.39, 0.29) is 6.03 Å². The number of hydrogen-bond donors (Lipinski definition) is 2. The van der Waals surface area contributed by atoms with Crippen LogP contribution in [0.2, 0.25) is 0 Å². The minimum atomic E-state index is -0.148. The summed E-state index contributed by atoms with van der Waals surface area (Å²) in [6.45, 7) is 1.63. The van der Waals surface area contributed by atoms with Gasteiger partial charge in [0.1, 0.15) is 5.65 Å². The lowest BCUT2D eigenvalue weighted by molar-refractivity contribution is 0.257. The van der Waals surface area contributed by atoms with Crippen LogP contribution < -0.4 is 15.5 Å². The number of nitrogens with zero attached hydrogens (tertiary/aromatic N) is 6. The monoisotopic (exact) mass is 594 g/mol. The lowest BCUT2D eigenvalue weighted by Gasteiger charge is -2.18. The van der Waals surface area contributed by atoms with E-state index in [4.69, 9.17) is 9.97 Å². The number of anilines is 4. The number of imidazole rings is 1. The smallest absolute Gasteiger partial charge is 0.324 e. The number of pyridine rings is 1. The highest BCUT2D eigenvalue weighted by atomic mass is 16.2. The Labute approximate surface area is 262 Å². The maximum Gasteiger partial charge on any atom is 0.326 e. The fourth-order valence-electron chi connectivity index (χ4n) is 5.76. The van der Waals surface area contributed by atoms with E-state index in [2.05, 4.69) is 52.8 Å². The number of carbonyl (C=O) groups is 1. The van der Waals surface area contributed by atoms with Crippen LogP contribution in [0.1, 0.15) is 11.1 Å². The summed E-state index contributed by atoms with van der Waals surface area (Å²) in [5.41, 5.74) is 9.03. The number of rotatable bonds is 8. The number of nitrogens with one attached hydrogen (secondary N) is 2. The summed E-state index contributed by atoms with van der Waals surface area (Å²) in [4.78, 5) is 31.7. The maximum absolute atomic E-state index is 13.3. The van der Waals surface area contributed by atoms with Gasteiger partial charge in [0.05, 0.1) is 17.1 Å². The molecule has 0 bridgehead atoms. The molecular formula is C36H34N8O. The van der Waals surface area contributed by atoms with Crippen molar-refractivity contribution in [1.82, 2.24) is 24.3 Å². The molecule has 4 heterocycles. The van der Waals surface area contributed by atoms with Gasteiger partial charge in [-0.2, -0.15) is 0 Å². The van der Waals surface area contributed by atoms with Gasteiger partial charge in [-0.1, -0.05) is 48.5 Å². The average Bonchev–Trinajstić information content (AvgIpc) is 3.67. The predicted molar refractivity (Wildman–Crippen MR) is 180 cm³/mol. The molecule has 0 radical (unpaired) electrons. The van der Waals surface area contributed by atoms with Crippen LogP contribution in [-0.4, -0.2) is 57.5 Å². The molecule has 6 aromatic rings. The van der Waals surface area contributed by atoms with Crippen LogP contribution in [0.4, 0.5) is 27.8 Å². The van der Waals surface area contributed by atoms with Crippen molar-refractivity contribution in [2.75, 3.05) is 42.7 Å². The van der Waals surface area contributed by atoms with E-state index in [0.29, 0.717) is 18.2 Å². The maximum atomic E-state index is 13.3. The molecule has 0 aliphatic carbocycles. The fraction of sp³-hybridized carbons (Fsp3) is 0.167. The Morgan fingerprint density at radius 1 is 0.889 bits per heavy atom. The molecule has 0 spiro atoms. The Morgan fingerprint density at radius 2 is 1.73 bits per heavy atom. The number of likely N-dealkylation sites (N-methyl/N-ethyl adjacent to an activating group) is 1. The topological polar surface area (TPSA) is 90.7 Å². The van der Waals surface area contributed by atoms with Crippen molar-refractivity contribution in [2.45, 2.75) is 12.8 Å². The van der Waals surface area contributed by atoms with Crippen molar-refractivity contribution in [3.8, 4) is 22.6 Å². The minimum Gasteiger partial charge on any atom is -0.324 e. The van der Waals surface area contributed by atoms with Crippen LogP contribution in [-0.2, 0) is 12.8 Å². The minimum absolute atomic E-state index is 0.148. The van der Waals surface area contributed by atoms with E-state index in [1.165, 1.54) is 11.1 Å². The number of carbonyl (C=O) groups excluding carboxylic acids is 1. The predicted octanol–water partition coefficient (Wildman–Crippen LogP) is 6.90. The SMILES string of the molecule is CN(C)CCc1cccc(Nc2nccc(-c3c(-c4cccc(NC(=O)N5CCc6ccccc65)c4)nc4ccccn34)n2)c1. The van der Waals surface area contributed by atoms with Crippen molar-refractivity contribution in [1.29, 1.82) is 0 Å². The Balaban J connectivity index is 1.19. The summed E-state index contributed by atoms with van der Waals surface area (Å²) in [6, 6.07) is 31.9. The number of urea groups is 1. The first kappa shape index (κ1) is 28.2. The largest absolute Gasteiger partial charge is 0.326 e. The number of aromatic nitrogens is 4. The standard InChI is InChI=1S/C36H34N8O/c1-42(2)21-17-25-9-7-12-28(23-25)38-35-37-19-16-30(40-35)34-33(41-32-15-5-6-20-44(32)34)27-11-8-13-29(24-27)39-36(45)43-22-18-26-10-3-4-14-31(26)43/h3-16,19-20,23-24H,17-18,21-22H2,1-2H3,(H,39,45)(H,37,38,40). The van der Waals surface area contributed by atoms with Crippen LogP contribution in [0, 0.1) is 0 Å². The molecule has 224 valence electrons. The summed E-state index contributed by atoms with van der Waals surface area (Å²) in [7, 11) is 4.16. The van der Waals surface area contributed by atoms with Gasteiger partial charge < -0.3 is 15.5 Å². The number of hydrogen-bond acceptors (Lipinski definition) is 6. The molecular weight excluding hydrogens is 560 g/mol. The average molecular weight is 595 g/mol. The number of para-hydroxylation sites is 1. The van der Waals surface area contributed by atoms with Gasteiger partial charge in [0.15, 0.2) is 0 Å². The van der Waals surface area contributed by atoms with Gasteiger partial charge in [0.2, 0.25) is 5.95 Å². The van der Waals surface area contributed by atoms with Crippen LogP contribution >= 0.6 is 0 Å². The first-order valence-electron chi connectivity index (χ1n) is 15.1. The van der Waals surface area contributed by atoms with Crippen LogP contribution in [0.15, 0.2) is 109 Å². The van der Waals surface area contributed by atoms with Crippen molar-refractivity contribution >= 4 is 34.7 Å². The summed E-state index contributed by atoms with van der Waals surface area (Å²) in [5, 5.41) is 6.49. The Bertz CT molecular complexity index is 2000. The molecule has 1 aliphatic heterocycles. The molecule has 9 heteroatoms. The van der Waals surface area contributed by atoms with Crippen LogP contribution in [0.25, 0.3) is 28.3 Å². The second-order valence-corrected chi connectivity index (χ2v) is 11.4. The lowest BCUT2D eigenvalue weighted by atomic mass is 10.1. The number of amides is 2. The Hall–Kier alpha value is -5.54. The van der Waals surface area contributed by atoms with Crippen LogP contribution in [0.3, 0.4) is 0 Å². The molecule has 7 rings (SSSR count). The molecule has 9 nitrogen and oxygen atoms in total. The number of benzene rings is 3. The molecule has 1 aliphatic rings. The van der Waals surface area contributed by atoms with Gasteiger partial charge in [-0.15, -0.1) is 0 Å². The van der Waals surface area contributed by atoms with Gasteiger partial charge >= 0.3 is 6.03 Å². The Morgan fingerprint density at radius 3 is 2.64 bits per heavy atom. The molecule has 3 aromatic heterocycles. The lowest BCUT2D eigenvalue weighted by Crippen LogP contribution is -2.33. The van der Waals surface area contributed by atoms with E-state index < -0.39 is 0 Å². The van der Waals surface area contributed by atoms with Gasteiger partial charge in [0, 0.05) is 48.1 Å². The van der Waals surface area contributed by atoms with Gasteiger partial charge in [-0.3, -0.25) is 9.30 Å². The highest BCUT2D eigenvalue weighted by molar-refractivity contribution is 6.03. The second-order valence-electron chi connectivity index (χ2n) is 11.4. The highest BCUT2D eigenvalue weighted by Crippen LogP contribution is 2.34. The van der Waals surface area contributed by atoms with E-state index >= 15 is 0 Å². The second kappa shape index (κ2) is 12.2. The Kier molecular flexibility index (Phi) is 7.67. The highest BCUT2D eigenvalue weighted by Gasteiger charge is 2.24. The summed E-state index contributed by atoms with van der Waals surface area (Å²) in [6.07, 6.45) is 5.56. The van der Waals surface area contributed by atoms with Gasteiger partial charge in [-0.25, -0.2) is 19.7 Å². The molecule has 3 aromatic carbocycles. The first-order chi connectivity index (χ1) is 22.0. The van der Waals surface area contributed by atoms with Crippen molar-refractivity contribution in [2.24, 2.45) is 0 Å². The van der Waals surface area contributed by atoms with E-state index in [9.17, 15) is 4.79 Å². The zero-order valence-electron chi connectivity index (χ0n) is 25.3. The van der Waals surface area contributed by atoms with E-state index in [1.54, 1.807) is 11.1 Å². The molecule has 0 fully saturated rings. The summed E-state index contributed by atoms with van der Waals surface area (Å²) < 4.78 is 2.04. The van der Waals surface area contributed by atoms with Crippen molar-refractivity contribution < 1.29 is 4.79 Å². The molecule has 2 N–H and O–H groups in total. The quantitative estimate of drug-likeness (QED) is 0.199. The first-order valence-corrected chi connectivity index (χ1v) is 15.1. The zero-order chi connectivity index (χ0) is 30.8. The normalized spacial score (nSPS) is 12.5. The van der Waals surface area contributed by atoms with Crippen molar-refractivity contribution in [3.63, 3.8) is 0 Å². The molecule has 0 saturated heterocycles. The molecule has 45 heavy (non-hydrogen) atoms. The van der Waals surface area contributed by atoms with Crippen LogP contribution in [0.5, 0.6) is 0 Å². The third-order valence-corrected chi connectivity index (χ3v) is 7.98.